The zero-order valence-electron chi connectivity index (χ0n) is 13.0. The first-order valence-corrected chi connectivity index (χ1v) is 7.96. The number of nitrogens with zero attached hydrogens (tertiary/aromatic N) is 4. The van der Waals surface area contributed by atoms with Gasteiger partial charge in [0.1, 0.15) is 5.75 Å². The molecule has 0 saturated carbocycles. The van der Waals surface area contributed by atoms with Gasteiger partial charge in [-0.25, -0.2) is 4.98 Å². The van der Waals surface area contributed by atoms with Gasteiger partial charge < -0.3 is 14.6 Å². The van der Waals surface area contributed by atoms with Crippen LogP contribution in [0.1, 0.15) is 0 Å². The largest absolute Gasteiger partial charge is 0.508 e. The number of para-hydroxylation sites is 2. The fourth-order valence-electron chi connectivity index (χ4n) is 3.15. The number of aromatic nitrogens is 2. The maximum absolute atomic E-state index is 9.39. The second kappa shape index (κ2) is 5.93. The number of anilines is 1. The molecule has 1 N–H and O–H groups in total. The standard InChI is InChI=1S/C18H20N4O/c23-16-7-5-15(6-8-16)21-11-9-20(10-12-21)14-22-13-19-17-3-1-2-4-18(17)22/h1-8,13,23H,9-12,14H2. The van der Waals surface area contributed by atoms with Crippen molar-refractivity contribution in [1.82, 2.24) is 14.5 Å². The van der Waals surface area contributed by atoms with Gasteiger partial charge in [0, 0.05) is 31.9 Å². The molecule has 1 aromatic heterocycles. The molecule has 1 saturated heterocycles. The van der Waals surface area contributed by atoms with E-state index in [1.165, 1.54) is 11.2 Å². The molecule has 0 unspecified atom stereocenters. The zero-order chi connectivity index (χ0) is 15.6. The third-order valence-corrected chi connectivity index (χ3v) is 4.47. The van der Waals surface area contributed by atoms with Crippen LogP contribution in [0.5, 0.6) is 5.75 Å². The number of aromatic hydroxyl groups is 1. The molecule has 0 atom stereocenters. The van der Waals surface area contributed by atoms with Crippen LogP contribution in [0.2, 0.25) is 0 Å². The highest BCUT2D eigenvalue weighted by Crippen LogP contribution is 2.20. The molecule has 1 fully saturated rings. The number of imidazole rings is 1. The molecule has 5 nitrogen and oxygen atoms in total. The van der Waals surface area contributed by atoms with Crippen LogP contribution in [0.3, 0.4) is 0 Å². The average molecular weight is 308 g/mol. The number of phenols is 1. The van der Waals surface area contributed by atoms with Gasteiger partial charge in [-0.15, -0.1) is 0 Å². The topological polar surface area (TPSA) is 44.5 Å². The van der Waals surface area contributed by atoms with E-state index >= 15 is 0 Å². The van der Waals surface area contributed by atoms with Crippen molar-refractivity contribution in [2.75, 3.05) is 31.1 Å². The van der Waals surface area contributed by atoms with E-state index in [0.29, 0.717) is 5.75 Å². The summed E-state index contributed by atoms with van der Waals surface area (Å²) >= 11 is 0. The molecule has 4 rings (SSSR count). The van der Waals surface area contributed by atoms with Crippen molar-refractivity contribution in [3.05, 3.63) is 54.9 Å². The second-order valence-electron chi connectivity index (χ2n) is 5.97. The number of fused-ring (bicyclic) bond motifs is 1. The Morgan fingerprint density at radius 1 is 0.913 bits per heavy atom. The van der Waals surface area contributed by atoms with Crippen molar-refractivity contribution in [2.45, 2.75) is 6.67 Å². The summed E-state index contributed by atoms with van der Waals surface area (Å²) in [5.74, 6) is 0.319. The summed E-state index contributed by atoms with van der Waals surface area (Å²) < 4.78 is 2.21. The molecular weight excluding hydrogens is 288 g/mol. The van der Waals surface area contributed by atoms with Gasteiger partial charge >= 0.3 is 0 Å². The first kappa shape index (κ1) is 14.1. The summed E-state index contributed by atoms with van der Waals surface area (Å²) in [6.45, 7) is 4.92. The molecule has 0 radical (unpaired) electrons. The molecule has 118 valence electrons. The molecule has 2 heterocycles. The maximum Gasteiger partial charge on any atom is 0.115 e. The number of piperazine rings is 1. The van der Waals surface area contributed by atoms with Gasteiger partial charge in [0.2, 0.25) is 0 Å². The van der Waals surface area contributed by atoms with Crippen LogP contribution in [0.25, 0.3) is 11.0 Å². The third-order valence-electron chi connectivity index (χ3n) is 4.47. The van der Waals surface area contributed by atoms with Crippen molar-refractivity contribution in [2.24, 2.45) is 0 Å². The Bertz CT molecular complexity index is 788. The van der Waals surface area contributed by atoms with Gasteiger partial charge in [0.15, 0.2) is 0 Å². The molecule has 23 heavy (non-hydrogen) atoms. The Labute approximate surface area is 135 Å². The predicted octanol–water partition coefficient (Wildman–Crippen LogP) is 2.52. The van der Waals surface area contributed by atoms with Crippen LogP contribution in [-0.2, 0) is 6.67 Å². The summed E-state index contributed by atoms with van der Waals surface area (Å²) in [7, 11) is 0. The van der Waals surface area contributed by atoms with Crippen LogP contribution in [-0.4, -0.2) is 45.7 Å². The van der Waals surface area contributed by atoms with Crippen molar-refractivity contribution in [3.8, 4) is 5.75 Å². The lowest BCUT2D eigenvalue weighted by Gasteiger charge is -2.36. The SMILES string of the molecule is Oc1ccc(N2CCN(Cn3cnc4ccccc43)CC2)cc1. The van der Waals surface area contributed by atoms with Gasteiger partial charge in [-0.2, -0.15) is 0 Å². The Morgan fingerprint density at radius 2 is 1.65 bits per heavy atom. The van der Waals surface area contributed by atoms with E-state index in [4.69, 9.17) is 0 Å². The number of phenolic OH excluding ortho intramolecular Hbond substituents is 1. The Kier molecular flexibility index (Phi) is 3.63. The number of benzene rings is 2. The summed E-state index contributed by atoms with van der Waals surface area (Å²) in [6, 6.07) is 15.7. The molecular formula is C18H20N4O. The second-order valence-corrected chi connectivity index (χ2v) is 5.97. The minimum absolute atomic E-state index is 0.319. The van der Waals surface area contributed by atoms with E-state index in [2.05, 4.69) is 37.5 Å². The first-order valence-electron chi connectivity index (χ1n) is 7.96. The number of hydrogen-bond acceptors (Lipinski definition) is 4. The Hall–Kier alpha value is -2.53. The summed E-state index contributed by atoms with van der Waals surface area (Å²) in [5.41, 5.74) is 3.42. The maximum atomic E-state index is 9.39. The minimum Gasteiger partial charge on any atom is -0.508 e. The van der Waals surface area contributed by atoms with E-state index < -0.39 is 0 Å². The summed E-state index contributed by atoms with van der Waals surface area (Å²) in [4.78, 5) is 9.27. The molecule has 0 spiro atoms. The molecule has 0 amide bonds. The zero-order valence-corrected chi connectivity index (χ0v) is 13.0. The minimum atomic E-state index is 0.319. The van der Waals surface area contributed by atoms with E-state index in [1.54, 1.807) is 12.1 Å². The van der Waals surface area contributed by atoms with Gasteiger partial charge in [-0.05, 0) is 36.4 Å². The molecule has 0 aliphatic carbocycles. The van der Waals surface area contributed by atoms with Gasteiger partial charge in [0.05, 0.1) is 24.0 Å². The summed E-state index contributed by atoms with van der Waals surface area (Å²) in [5, 5.41) is 9.39. The summed E-state index contributed by atoms with van der Waals surface area (Å²) in [6.07, 6.45) is 1.93. The molecule has 2 aromatic carbocycles. The van der Waals surface area contributed by atoms with Gasteiger partial charge in [0.25, 0.3) is 0 Å². The molecule has 1 aliphatic rings. The predicted molar refractivity (Wildman–Crippen MR) is 91.6 cm³/mol. The van der Waals surface area contributed by atoms with Gasteiger partial charge in [-0.1, -0.05) is 12.1 Å². The Balaban J connectivity index is 1.41. The van der Waals surface area contributed by atoms with Crippen LogP contribution < -0.4 is 4.90 Å². The first-order chi connectivity index (χ1) is 11.3. The molecule has 1 aliphatic heterocycles. The molecule has 5 heteroatoms. The van der Waals surface area contributed by atoms with Crippen molar-refractivity contribution < 1.29 is 5.11 Å². The van der Waals surface area contributed by atoms with E-state index in [0.717, 1.165) is 38.4 Å². The average Bonchev–Trinajstić information content (AvgIpc) is 3.00. The normalized spacial score (nSPS) is 16.1. The van der Waals surface area contributed by atoms with Gasteiger partial charge in [-0.3, -0.25) is 4.90 Å². The number of rotatable bonds is 3. The highest BCUT2D eigenvalue weighted by atomic mass is 16.3. The number of hydrogen-bond donors (Lipinski definition) is 1. The van der Waals surface area contributed by atoms with Crippen LogP contribution in [0, 0.1) is 0 Å². The van der Waals surface area contributed by atoms with Crippen molar-refractivity contribution in [1.29, 1.82) is 0 Å². The van der Waals surface area contributed by atoms with Crippen molar-refractivity contribution >= 4 is 16.7 Å². The monoisotopic (exact) mass is 308 g/mol. The fraction of sp³-hybridized carbons (Fsp3) is 0.278. The van der Waals surface area contributed by atoms with Crippen LogP contribution in [0.15, 0.2) is 54.9 Å². The van der Waals surface area contributed by atoms with Crippen molar-refractivity contribution in [3.63, 3.8) is 0 Å². The smallest absolute Gasteiger partial charge is 0.115 e. The molecule has 3 aromatic rings. The van der Waals surface area contributed by atoms with E-state index in [1.807, 2.05) is 24.5 Å². The highest BCUT2D eigenvalue weighted by Gasteiger charge is 2.17. The van der Waals surface area contributed by atoms with Crippen LogP contribution >= 0.6 is 0 Å². The van der Waals surface area contributed by atoms with E-state index in [-0.39, 0.29) is 0 Å². The Morgan fingerprint density at radius 3 is 2.43 bits per heavy atom. The van der Waals surface area contributed by atoms with Crippen LogP contribution in [0.4, 0.5) is 5.69 Å². The lowest BCUT2D eigenvalue weighted by atomic mass is 10.2. The lowest BCUT2D eigenvalue weighted by molar-refractivity contribution is 0.209. The molecule has 0 bridgehead atoms. The fourth-order valence-corrected chi connectivity index (χ4v) is 3.15. The highest BCUT2D eigenvalue weighted by molar-refractivity contribution is 5.74. The van der Waals surface area contributed by atoms with E-state index in [9.17, 15) is 5.11 Å². The third kappa shape index (κ3) is 2.87. The quantitative estimate of drug-likeness (QED) is 0.807. The lowest BCUT2D eigenvalue weighted by Crippen LogP contribution is -2.46.